The molecule has 0 aromatic heterocycles. The highest BCUT2D eigenvalue weighted by Gasteiger charge is 2.44. The Bertz CT molecular complexity index is 2130. The van der Waals surface area contributed by atoms with Crippen LogP contribution in [0, 0.1) is 11.8 Å². The summed E-state index contributed by atoms with van der Waals surface area (Å²) in [4.78, 5) is 45.0. The molecule has 0 spiro atoms. The molecule has 5 atom stereocenters. The predicted molar refractivity (Wildman–Crippen MR) is 212 cm³/mol. The number of hydrogen-bond acceptors (Lipinski definition) is 7. The van der Waals surface area contributed by atoms with Gasteiger partial charge in [0.25, 0.3) is 11.8 Å². The molecule has 3 amide bonds. The van der Waals surface area contributed by atoms with Gasteiger partial charge < -0.3 is 20.1 Å². The minimum atomic E-state index is -0.800. The first-order valence-corrected chi connectivity index (χ1v) is 19.9. The van der Waals surface area contributed by atoms with E-state index in [9.17, 15) is 19.5 Å². The number of piperidine rings is 1. The molecule has 0 bridgehead atoms. The maximum absolute atomic E-state index is 13.4. The van der Waals surface area contributed by atoms with Gasteiger partial charge in [-0.1, -0.05) is 55.1 Å². The normalized spacial score (nSPS) is 25.1. The molecule has 2 saturated heterocycles. The molecule has 9 rings (SSSR count). The van der Waals surface area contributed by atoms with Crippen LogP contribution >= 0.6 is 0 Å². The molecule has 2 aliphatic carbocycles. The smallest absolute Gasteiger partial charge is 0.262 e. The van der Waals surface area contributed by atoms with Gasteiger partial charge in [0.1, 0.15) is 17.5 Å². The van der Waals surface area contributed by atoms with Crippen LogP contribution in [-0.2, 0) is 11.2 Å². The molecule has 3 heterocycles. The van der Waals surface area contributed by atoms with Crippen molar-refractivity contribution in [2.24, 2.45) is 11.8 Å². The van der Waals surface area contributed by atoms with Gasteiger partial charge in [0.2, 0.25) is 5.91 Å². The van der Waals surface area contributed by atoms with Crippen molar-refractivity contribution in [3.05, 3.63) is 137 Å². The molecule has 0 radical (unpaired) electrons. The summed E-state index contributed by atoms with van der Waals surface area (Å²) in [5.41, 5.74) is 7.49. The van der Waals surface area contributed by atoms with Crippen molar-refractivity contribution in [3.63, 3.8) is 0 Å². The van der Waals surface area contributed by atoms with Crippen LogP contribution in [0.4, 0.5) is 5.69 Å². The largest absolute Gasteiger partial charge is 0.508 e. The van der Waals surface area contributed by atoms with Crippen molar-refractivity contribution in [1.29, 1.82) is 0 Å². The molecule has 3 fully saturated rings. The number of phenols is 1. The number of amides is 3. The molecular formula is C46H48N4O5. The van der Waals surface area contributed by atoms with Crippen molar-refractivity contribution in [2.75, 3.05) is 44.2 Å². The summed E-state index contributed by atoms with van der Waals surface area (Å²) >= 11 is 0. The first-order chi connectivity index (χ1) is 26.8. The number of fused-ring (bicyclic) bond motifs is 2. The van der Waals surface area contributed by atoms with Crippen LogP contribution in [0.15, 0.2) is 103 Å². The molecule has 9 heteroatoms. The van der Waals surface area contributed by atoms with E-state index in [0.717, 1.165) is 74.9 Å². The Labute approximate surface area is 322 Å². The number of ether oxygens (including phenoxy) is 1. The van der Waals surface area contributed by atoms with Gasteiger partial charge in [-0.2, -0.15) is 0 Å². The molecule has 2 N–H and O–H groups in total. The second kappa shape index (κ2) is 14.7. The number of rotatable bonds is 10. The topological polar surface area (TPSA) is 102 Å². The van der Waals surface area contributed by atoms with Gasteiger partial charge in [0, 0.05) is 43.5 Å². The number of anilines is 1. The second-order valence-corrected chi connectivity index (χ2v) is 16.0. The number of allylic oxidation sites excluding steroid dienone is 1. The lowest BCUT2D eigenvalue weighted by Gasteiger charge is -2.36. The Morgan fingerprint density at radius 3 is 2.35 bits per heavy atom. The molecule has 55 heavy (non-hydrogen) atoms. The summed E-state index contributed by atoms with van der Waals surface area (Å²) in [7, 11) is 0. The van der Waals surface area contributed by atoms with Gasteiger partial charge in [0.05, 0.1) is 17.7 Å². The molecule has 9 nitrogen and oxygen atoms in total. The molecule has 4 aromatic carbocycles. The first kappa shape index (κ1) is 35.3. The van der Waals surface area contributed by atoms with Crippen LogP contribution in [0.5, 0.6) is 11.5 Å². The third-order valence-corrected chi connectivity index (χ3v) is 12.7. The zero-order valence-electron chi connectivity index (χ0n) is 31.2. The summed E-state index contributed by atoms with van der Waals surface area (Å²) < 4.78 is 6.33. The zero-order chi connectivity index (χ0) is 37.6. The zero-order valence-corrected chi connectivity index (χ0v) is 31.2. The Kier molecular flexibility index (Phi) is 9.42. The number of hydrogen-bond donors (Lipinski definition) is 2. The average molecular weight is 737 g/mol. The van der Waals surface area contributed by atoms with Crippen LogP contribution in [0.25, 0.3) is 0 Å². The van der Waals surface area contributed by atoms with Crippen LogP contribution in [0.2, 0.25) is 0 Å². The molecular weight excluding hydrogens is 689 g/mol. The lowest BCUT2D eigenvalue weighted by Crippen LogP contribution is -2.51. The van der Waals surface area contributed by atoms with Crippen molar-refractivity contribution in [3.8, 4) is 11.5 Å². The highest BCUT2D eigenvalue weighted by molar-refractivity contribution is 6.23. The van der Waals surface area contributed by atoms with Gasteiger partial charge in [-0.25, -0.2) is 0 Å². The average Bonchev–Trinajstić information content (AvgIpc) is 3.93. The van der Waals surface area contributed by atoms with E-state index in [1.165, 1.54) is 28.7 Å². The van der Waals surface area contributed by atoms with Crippen LogP contribution in [0.3, 0.4) is 0 Å². The second-order valence-electron chi connectivity index (χ2n) is 16.0. The molecule has 3 aliphatic heterocycles. The van der Waals surface area contributed by atoms with Gasteiger partial charge >= 0.3 is 0 Å². The summed E-state index contributed by atoms with van der Waals surface area (Å²) in [5.74, 6) is 2.00. The van der Waals surface area contributed by atoms with Crippen molar-refractivity contribution in [2.45, 2.75) is 56.4 Å². The molecule has 4 aromatic rings. The number of nitrogens with zero attached hydrogens (tertiary/aromatic N) is 3. The third kappa shape index (κ3) is 7.02. The van der Waals surface area contributed by atoms with Gasteiger partial charge in [0.15, 0.2) is 0 Å². The van der Waals surface area contributed by atoms with Gasteiger partial charge in [-0.05, 0) is 128 Å². The first-order valence-electron chi connectivity index (χ1n) is 19.9. The number of benzene rings is 4. The maximum atomic E-state index is 13.4. The van der Waals surface area contributed by atoms with Crippen LogP contribution in [0.1, 0.15) is 86.9 Å². The van der Waals surface area contributed by atoms with E-state index >= 15 is 0 Å². The summed E-state index contributed by atoms with van der Waals surface area (Å²) in [6.07, 6.45) is 5.32. The molecule has 1 saturated carbocycles. The van der Waals surface area contributed by atoms with E-state index in [-0.39, 0.29) is 11.8 Å². The van der Waals surface area contributed by atoms with Crippen LogP contribution < -0.4 is 15.0 Å². The Balaban J connectivity index is 0.746. The van der Waals surface area contributed by atoms with Gasteiger partial charge in [-0.15, -0.1) is 0 Å². The van der Waals surface area contributed by atoms with E-state index in [2.05, 4.69) is 82.4 Å². The molecule has 1 unspecified atom stereocenters. The van der Waals surface area contributed by atoms with E-state index in [1.54, 1.807) is 6.07 Å². The summed E-state index contributed by atoms with van der Waals surface area (Å²) in [6, 6.07) is 30.1. The molecule has 5 aliphatic rings. The fraction of sp³-hybridized carbons (Fsp3) is 0.370. The lowest BCUT2D eigenvalue weighted by atomic mass is 9.69. The number of aryl methyl sites for hydroxylation is 1. The van der Waals surface area contributed by atoms with E-state index in [4.69, 9.17) is 4.74 Å². The monoisotopic (exact) mass is 736 g/mol. The Hall–Kier alpha value is -5.41. The molecule has 282 valence electrons. The number of piperazine rings is 1. The van der Waals surface area contributed by atoms with Crippen molar-refractivity contribution < 1.29 is 24.2 Å². The van der Waals surface area contributed by atoms with E-state index < -0.39 is 17.9 Å². The number of nitrogens with one attached hydrogen (secondary N) is 1. The fourth-order valence-electron chi connectivity index (χ4n) is 9.43. The van der Waals surface area contributed by atoms with E-state index in [1.807, 2.05) is 24.3 Å². The minimum absolute atomic E-state index is 0.225. The quantitative estimate of drug-likeness (QED) is 0.172. The Morgan fingerprint density at radius 2 is 1.56 bits per heavy atom. The van der Waals surface area contributed by atoms with E-state index in [0.29, 0.717) is 53.2 Å². The number of phenolic OH excluding ortho intramolecular Hbond substituents is 1. The Morgan fingerprint density at radius 1 is 0.782 bits per heavy atom. The standard InChI is InChI=1S/C46H48N4O5/c1-29-7-18-42(44(52)47-29)50-45(53)40-16-11-35(27-41(40)46(50)54)49-23-21-48(22-24-49)20-19-32-25-34(32)28-55-37-13-8-31(9-14-37)43-38(30-5-3-2-4-6-30)15-10-33-26-36(51)12-17-39(33)43/h2-6,8-9,11-14,16-17,26-27,32,34,38,42-43,51H,1,7,10,15,18-25,28H2,(H,47,52)/t32-,34+,38-,42?,43+/m1/s1. The number of imide groups is 1. The number of carbonyl (C=O) groups is 3. The minimum Gasteiger partial charge on any atom is -0.508 e. The van der Waals surface area contributed by atoms with Crippen molar-refractivity contribution >= 4 is 23.4 Å². The summed E-state index contributed by atoms with van der Waals surface area (Å²) in [6.45, 7) is 9.21. The predicted octanol–water partition coefficient (Wildman–Crippen LogP) is 6.87. The maximum Gasteiger partial charge on any atom is 0.262 e. The van der Waals surface area contributed by atoms with Gasteiger partial charge in [-0.3, -0.25) is 24.2 Å². The highest BCUT2D eigenvalue weighted by Crippen LogP contribution is 2.47. The fourth-order valence-corrected chi connectivity index (χ4v) is 9.43. The lowest BCUT2D eigenvalue weighted by molar-refractivity contribution is -0.125. The van der Waals surface area contributed by atoms with Crippen molar-refractivity contribution in [1.82, 2.24) is 15.1 Å². The highest BCUT2D eigenvalue weighted by atomic mass is 16.5. The number of carbonyl (C=O) groups excluding carboxylic acids is 3. The van der Waals surface area contributed by atoms with Crippen LogP contribution in [-0.4, -0.2) is 78.0 Å². The summed E-state index contributed by atoms with van der Waals surface area (Å²) in [5, 5.41) is 12.9. The third-order valence-electron chi connectivity index (χ3n) is 12.7. The number of aromatic hydroxyl groups is 1. The SMILES string of the molecule is C=C1CCC(N2C(=O)c3ccc(N4CCN(CC[C@@H]5C[C@H]5COc5ccc([C@@H]6c7ccc(O)cc7CC[C@@H]6c6ccccc6)cc5)CC4)cc3C2=O)C(=O)N1.